The average molecular weight is 300 g/mol. The molecule has 0 bridgehead atoms. The molecule has 2 N–H and O–H groups in total. The quantitative estimate of drug-likeness (QED) is 0.739. The maximum Gasteiger partial charge on any atom is 0.231 e. The van der Waals surface area contributed by atoms with Crippen molar-refractivity contribution in [3.63, 3.8) is 0 Å². The van der Waals surface area contributed by atoms with E-state index in [0.29, 0.717) is 24.4 Å². The van der Waals surface area contributed by atoms with Crippen LogP contribution in [0.1, 0.15) is 20.8 Å². The number of aromatic nitrogens is 3. The lowest BCUT2D eigenvalue weighted by Gasteiger charge is -2.19. The molecule has 1 rings (SSSR count). The first-order valence-electron chi connectivity index (χ1n) is 6.76. The number of hydrogen-bond donors (Lipinski definition) is 2. The van der Waals surface area contributed by atoms with Gasteiger partial charge >= 0.3 is 0 Å². The molecule has 0 fully saturated rings. The Morgan fingerprint density at radius 2 is 1.80 bits per heavy atom. The summed E-state index contributed by atoms with van der Waals surface area (Å²) in [5.41, 5.74) is 0. The SMILES string of the molecule is CCN(CC)c1nc(NC)nc(NCC(C)S(C)=O)n1. The van der Waals surface area contributed by atoms with Crippen LogP contribution in [0.5, 0.6) is 0 Å². The number of anilines is 3. The summed E-state index contributed by atoms with van der Waals surface area (Å²) in [7, 11) is 0.904. The molecule has 20 heavy (non-hydrogen) atoms. The highest BCUT2D eigenvalue weighted by Gasteiger charge is 2.12. The van der Waals surface area contributed by atoms with E-state index < -0.39 is 10.8 Å². The minimum Gasteiger partial charge on any atom is -0.357 e. The molecule has 0 saturated heterocycles. The van der Waals surface area contributed by atoms with Crippen LogP contribution >= 0.6 is 0 Å². The van der Waals surface area contributed by atoms with Gasteiger partial charge in [-0.1, -0.05) is 0 Å². The summed E-state index contributed by atoms with van der Waals surface area (Å²) in [6.45, 7) is 8.27. The van der Waals surface area contributed by atoms with Crippen molar-refractivity contribution in [2.24, 2.45) is 0 Å². The highest BCUT2D eigenvalue weighted by atomic mass is 32.2. The van der Waals surface area contributed by atoms with Crippen molar-refractivity contribution >= 4 is 28.6 Å². The molecule has 0 radical (unpaired) electrons. The van der Waals surface area contributed by atoms with E-state index in [4.69, 9.17) is 0 Å². The molecule has 0 aliphatic carbocycles. The highest BCUT2D eigenvalue weighted by Crippen LogP contribution is 2.13. The normalized spacial score (nSPS) is 13.7. The van der Waals surface area contributed by atoms with Crippen LogP contribution in [0, 0.1) is 0 Å². The zero-order valence-electron chi connectivity index (χ0n) is 12.8. The molecular formula is C12H24N6OS. The predicted octanol–water partition coefficient (Wildman–Crippen LogP) is 0.938. The zero-order chi connectivity index (χ0) is 15.1. The average Bonchev–Trinajstić information content (AvgIpc) is 2.45. The van der Waals surface area contributed by atoms with Gasteiger partial charge in [-0.25, -0.2) is 0 Å². The first-order valence-corrected chi connectivity index (χ1v) is 8.38. The van der Waals surface area contributed by atoms with Crippen LogP contribution in [-0.2, 0) is 10.8 Å². The Kier molecular flexibility index (Phi) is 6.63. The monoisotopic (exact) mass is 300 g/mol. The molecule has 0 aliphatic rings. The van der Waals surface area contributed by atoms with E-state index in [0.717, 1.165) is 13.1 Å². The van der Waals surface area contributed by atoms with Crippen molar-refractivity contribution in [2.45, 2.75) is 26.0 Å². The van der Waals surface area contributed by atoms with Crippen molar-refractivity contribution < 1.29 is 4.21 Å². The molecule has 2 atom stereocenters. The molecule has 1 heterocycles. The summed E-state index contributed by atoms with van der Waals surface area (Å²) < 4.78 is 11.4. The summed E-state index contributed by atoms with van der Waals surface area (Å²) >= 11 is 0. The van der Waals surface area contributed by atoms with Crippen LogP contribution in [0.4, 0.5) is 17.8 Å². The molecule has 0 saturated carbocycles. The fourth-order valence-electron chi connectivity index (χ4n) is 1.56. The lowest BCUT2D eigenvalue weighted by Crippen LogP contribution is -2.26. The van der Waals surface area contributed by atoms with Gasteiger partial charge in [-0.05, 0) is 20.8 Å². The second-order valence-corrected chi connectivity index (χ2v) is 6.20. The molecule has 0 aliphatic heterocycles. The number of nitrogens with zero attached hydrogens (tertiary/aromatic N) is 4. The van der Waals surface area contributed by atoms with E-state index in [1.807, 2.05) is 6.92 Å². The van der Waals surface area contributed by atoms with Crippen molar-refractivity contribution in [1.29, 1.82) is 0 Å². The third kappa shape index (κ3) is 4.59. The van der Waals surface area contributed by atoms with Crippen LogP contribution in [0.2, 0.25) is 0 Å². The summed E-state index contributed by atoms with van der Waals surface area (Å²) in [5.74, 6) is 1.67. The van der Waals surface area contributed by atoms with Gasteiger partial charge in [-0.15, -0.1) is 0 Å². The van der Waals surface area contributed by atoms with Gasteiger partial charge in [0, 0.05) is 49.0 Å². The molecule has 0 amide bonds. The number of rotatable bonds is 8. The molecule has 8 heteroatoms. The fraction of sp³-hybridized carbons (Fsp3) is 0.750. The highest BCUT2D eigenvalue weighted by molar-refractivity contribution is 7.84. The van der Waals surface area contributed by atoms with Gasteiger partial charge in [0.1, 0.15) is 0 Å². The van der Waals surface area contributed by atoms with Crippen LogP contribution in [0.25, 0.3) is 0 Å². The van der Waals surface area contributed by atoms with Gasteiger partial charge in [0.05, 0.1) is 0 Å². The van der Waals surface area contributed by atoms with Gasteiger partial charge in [0.2, 0.25) is 17.8 Å². The third-order valence-corrected chi connectivity index (χ3v) is 4.31. The maximum absolute atomic E-state index is 11.4. The van der Waals surface area contributed by atoms with E-state index in [-0.39, 0.29) is 5.25 Å². The van der Waals surface area contributed by atoms with Crippen molar-refractivity contribution in [1.82, 2.24) is 15.0 Å². The topological polar surface area (TPSA) is 83.0 Å². The second-order valence-electron chi connectivity index (χ2n) is 4.40. The smallest absolute Gasteiger partial charge is 0.231 e. The van der Waals surface area contributed by atoms with Crippen LogP contribution in [-0.4, -0.2) is 57.3 Å². The van der Waals surface area contributed by atoms with Gasteiger partial charge < -0.3 is 15.5 Å². The van der Waals surface area contributed by atoms with Gasteiger partial charge in [-0.3, -0.25) is 4.21 Å². The van der Waals surface area contributed by atoms with Gasteiger partial charge in [0.25, 0.3) is 0 Å². The molecule has 0 aromatic carbocycles. The van der Waals surface area contributed by atoms with Crippen molar-refractivity contribution in [2.75, 3.05) is 48.5 Å². The maximum atomic E-state index is 11.4. The van der Waals surface area contributed by atoms with E-state index in [1.165, 1.54) is 0 Å². The first kappa shape index (κ1) is 16.6. The molecule has 0 spiro atoms. The summed E-state index contributed by atoms with van der Waals surface area (Å²) in [6, 6.07) is 0. The van der Waals surface area contributed by atoms with E-state index >= 15 is 0 Å². The van der Waals surface area contributed by atoms with E-state index in [1.54, 1.807) is 13.3 Å². The van der Waals surface area contributed by atoms with Gasteiger partial charge in [-0.2, -0.15) is 15.0 Å². The Labute approximate surface area is 123 Å². The third-order valence-electron chi connectivity index (χ3n) is 3.01. The summed E-state index contributed by atoms with van der Waals surface area (Å²) in [5, 5.41) is 6.10. The minimum absolute atomic E-state index is 0.0432. The second kappa shape index (κ2) is 7.98. The van der Waals surface area contributed by atoms with E-state index in [2.05, 4.69) is 44.3 Å². The zero-order valence-corrected chi connectivity index (χ0v) is 13.6. The molecule has 1 aromatic rings. The molecule has 7 nitrogen and oxygen atoms in total. The molecular weight excluding hydrogens is 276 g/mol. The summed E-state index contributed by atoms with van der Waals surface area (Å²) in [4.78, 5) is 15.1. The molecule has 114 valence electrons. The van der Waals surface area contributed by atoms with Crippen molar-refractivity contribution in [3.05, 3.63) is 0 Å². The fourth-order valence-corrected chi connectivity index (χ4v) is 1.87. The number of nitrogens with one attached hydrogen (secondary N) is 2. The first-order chi connectivity index (χ1) is 9.51. The van der Waals surface area contributed by atoms with Crippen LogP contribution < -0.4 is 15.5 Å². The Balaban J connectivity index is 2.90. The predicted molar refractivity (Wildman–Crippen MR) is 85.0 cm³/mol. The van der Waals surface area contributed by atoms with E-state index in [9.17, 15) is 4.21 Å². The Morgan fingerprint density at radius 1 is 1.20 bits per heavy atom. The van der Waals surface area contributed by atoms with Crippen LogP contribution in [0.15, 0.2) is 0 Å². The summed E-state index contributed by atoms with van der Waals surface area (Å²) in [6.07, 6.45) is 1.69. The van der Waals surface area contributed by atoms with Gasteiger partial charge in [0.15, 0.2) is 0 Å². The lowest BCUT2D eigenvalue weighted by atomic mass is 10.5. The Bertz CT molecular complexity index is 452. The standard InChI is InChI=1S/C12H24N6OS/c1-6-18(7-2)12-16-10(13-4)15-11(17-12)14-8-9(3)20(5)19/h9H,6-8H2,1-5H3,(H2,13,14,15,16,17). The minimum atomic E-state index is -0.868. The largest absolute Gasteiger partial charge is 0.357 e. The Hall–Kier alpha value is -1.44. The molecule has 2 unspecified atom stereocenters. The lowest BCUT2D eigenvalue weighted by molar-refractivity contribution is 0.678. The number of hydrogen-bond acceptors (Lipinski definition) is 7. The van der Waals surface area contributed by atoms with Crippen molar-refractivity contribution in [3.8, 4) is 0 Å². The Morgan fingerprint density at radius 3 is 2.30 bits per heavy atom. The van der Waals surface area contributed by atoms with Crippen LogP contribution in [0.3, 0.4) is 0 Å². The molecule has 1 aromatic heterocycles.